The van der Waals surface area contributed by atoms with Crippen molar-refractivity contribution in [2.75, 3.05) is 26.9 Å². The van der Waals surface area contributed by atoms with Gasteiger partial charge in [-0.1, -0.05) is 12.8 Å². The van der Waals surface area contributed by atoms with Gasteiger partial charge in [0.25, 0.3) is 0 Å². The van der Waals surface area contributed by atoms with Gasteiger partial charge < -0.3 is 25.0 Å². The first kappa shape index (κ1) is 15.9. The maximum absolute atomic E-state index is 9.78. The summed E-state index contributed by atoms with van der Waals surface area (Å²) in [4.78, 5) is 0. The fourth-order valence-electron chi connectivity index (χ4n) is 2.25. The van der Waals surface area contributed by atoms with Gasteiger partial charge in [-0.2, -0.15) is 0 Å². The maximum Gasteiger partial charge on any atom is 0.0897 e. The molecule has 0 spiro atoms. The van der Waals surface area contributed by atoms with Crippen LogP contribution < -0.4 is 5.32 Å². The van der Waals surface area contributed by atoms with E-state index in [2.05, 4.69) is 5.32 Å². The number of hydrogen-bond donors (Lipinski definition) is 3. The zero-order valence-corrected chi connectivity index (χ0v) is 11.5. The minimum atomic E-state index is -0.543. The summed E-state index contributed by atoms with van der Waals surface area (Å²) < 4.78 is 10.4. The van der Waals surface area contributed by atoms with E-state index in [0.29, 0.717) is 19.8 Å². The van der Waals surface area contributed by atoms with E-state index < -0.39 is 6.10 Å². The Labute approximate surface area is 109 Å². The Morgan fingerprint density at radius 2 is 2.00 bits per heavy atom. The lowest BCUT2D eigenvalue weighted by Crippen LogP contribution is -2.45. The van der Waals surface area contributed by atoms with Crippen LogP contribution in [0.1, 0.15) is 32.6 Å². The van der Waals surface area contributed by atoms with Crippen molar-refractivity contribution < 1.29 is 19.7 Å². The van der Waals surface area contributed by atoms with Crippen LogP contribution in [0.4, 0.5) is 0 Å². The monoisotopic (exact) mass is 261 g/mol. The van der Waals surface area contributed by atoms with E-state index in [0.717, 1.165) is 25.7 Å². The van der Waals surface area contributed by atoms with Crippen molar-refractivity contribution in [2.24, 2.45) is 0 Å². The first-order valence-electron chi connectivity index (χ1n) is 6.83. The third kappa shape index (κ3) is 6.11. The third-order valence-electron chi connectivity index (χ3n) is 3.32. The first-order chi connectivity index (χ1) is 8.63. The van der Waals surface area contributed by atoms with Crippen molar-refractivity contribution >= 4 is 0 Å². The van der Waals surface area contributed by atoms with Gasteiger partial charge in [-0.25, -0.2) is 0 Å². The van der Waals surface area contributed by atoms with Crippen LogP contribution in [-0.4, -0.2) is 61.4 Å². The predicted octanol–water partition coefficient (Wildman–Crippen LogP) is 0.292. The van der Waals surface area contributed by atoms with Gasteiger partial charge in [-0.15, -0.1) is 0 Å². The molecule has 4 atom stereocenters. The summed E-state index contributed by atoms with van der Waals surface area (Å²) >= 11 is 0. The largest absolute Gasteiger partial charge is 0.392 e. The fourth-order valence-corrected chi connectivity index (χ4v) is 2.25. The molecule has 0 saturated heterocycles. The smallest absolute Gasteiger partial charge is 0.0897 e. The molecule has 0 aromatic carbocycles. The molecule has 4 unspecified atom stereocenters. The van der Waals surface area contributed by atoms with E-state index in [1.165, 1.54) is 0 Å². The topological polar surface area (TPSA) is 71.0 Å². The van der Waals surface area contributed by atoms with Crippen LogP contribution >= 0.6 is 0 Å². The summed E-state index contributed by atoms with van der Waals surface area (Å²) in [6.45, 7) is 3.19. The third-order valence-corrected chi connectivity index (χ3v) is 3.32. The minimum absolute atomic E-state index is 0.00933. The van der Waals surface area contributed by atoms with Gasteiger partial charge in [-0.3, -0.25) is 0 Å². The average molecular weight is 261 g/mol. The summed E-state index contributed by atoms with van der Waals surface area (Å²) in [7, 11) is 1.63. The number of methoxy groups -OCH3 is 1. The lowest BCUT2D eigenvalue weighted by Gasteiger charge is -2.29. The second kappa shape index (κ2) is 8.82. The highest BCUT2D eigenvalue weighted by Gasteiger charge is 2.23. The summed E-state index contributed by atoms with van der Waals surface area (Å²) in [5.41, 5.74) is 0. The molecule has 5 heteroatoms. The highest BCUT2D eigenvalue weighted by atomic mass is 16.5. The zero-order chi connectivity index (χ0) is 13.4. The molecule has 18 heavy (non-hydrogen) atoms. The molecule has 0 bridgehead atoms. The van der Waals surface area contributed by atoms with Crippen LogP contribution in [-0.2, 0) is 9.47 Å². The normalized spacial score (nSPS) is 28.0. The Bertz CT molecular complexity index is 215. The second-order valence-corrected chi connectivity index (χ2v) is 5.12. The van der Waals surface area contributed by atoms with Gasteiger partial charge >= 0.3 is 0 Å². The Kier molecular flexibility index (Phi) is 7.77. The Hall–Kier alpha value is -0.200. The van der Waals surface area contributed by atoms with Crippen LogP contribution in [0.5, 0.6) is 0 Å². The molecule has 0 aliphatic heterocycles. The van der Waals surface area contributed by atoms with Crippen LogP contribution in [0.25, 0.3) is 0 Å². The van der Waals surface area contributed by atoms with E-state index in [9.17, 15) is 10.2 Å². The lowest BCUT2D eigenvalue weighted by atomic mass is 9.92. The average Bonchev–Trinajstić information content (AvgIpc) is 2.36. The summed E-state index contributed by atoms with van der Waals surface area (Å²) in [5.74, 6) is 0. The highest BCUT2D eigenvalue weighted by molar-refractivity contribution is 4.81. The van der Waals surface area contributed by atoms with Crippen LogP contribution in [0.2, 0.25) is 0 Å². The SMILES string of the molecule is COCC(C)OCC(O)CNC1CCCCC1O. The van der Waals surface area contributed by atoms with E-state index in [1.54, 1.807) is 7.11 Å². The molecule has 0 heterocycles. The van der Waals surface area contributed by atoms with Crippen molar-refractivity contribution in [3.05, 3.63) is 0 Å². The van der Waals surface area contributed by atoms with Gasteiger partial charge in [-0.05, 0) is 19.8 Å². The van der Waals surface area contributed by atoms with Crippen molar-refractivity contribution in [3.8, 4) is 0 Å². The minimum Gasteiger partial charge on any atom is -0.392 e. The zero-order valence-electron chi connectivity index (χ0n) is 11.5. The molecule has 0 radical (unpaired) electrons. The molecule has 0 amide bonds. The van der Waals surface area contributed by atoms with E-state index in [4.69, 9.17) is 9.47 Å². The molecule has 0 aromatic heterocycles. The molecule has 1 aliphatic rings. The van der Waals surface area contributed by atoms with E-state index in [1.807, 2.05) is 6.92 Å². The summed E-state index contributed by atoms with van der Waals surface area (Å²) in [6, 6.07) is 0.116. The molecule has 0 aromatic rings. The molecule has 1 aliphatic carbocycles. The quantitative estimate of drug-likeness (QED) is 0.586. The first-order valence-corrected chi connectivity index (χ1v) is 6.83. The molecule has 5 nitrogen and oxygen atoms in total. The van der Waals surface area contributed by atoms with Gasteiger partial charge in [0.2, 0.25) is 0 Å². The molecule has 1 saturated carbocycles. The molecule has 108 valence electrons. The van der Waals surface area contributed by atoms with E-state index >= 15 is 0 Å². The number of ether oxygens (including phenoxy) is 2. The fraction of sp³-hybridized carbons (Fsp3) is 1.00. The van der Waals surface area contributed by atoms with E-state index in [-0.39, 0.29) is 18.2 Å². The molecule has 3 N–H and O–H groups in total. The van der Waals surface area contributed by atoms with Crippen molar-refractivity contribution in [1.29, 1.82) is 0 Å². The van der Waals surface area contributed by atoms with Crippen LogP contribution in [0.15, 0.2) is 0 Å². The maximum atomic E-state index is 9.78. The van der Waals surface area contributed by atoms with Gasteiger partial charge in [0.15, 0.2) is 0 Å². The molecular formula is C13H27NO4. The molecule has 1 fully saturated rings. The Morgan fingerprint density at radius 3 is 2.67 bits per heavy atom. The Morgan fingerprint density at radius 1 is 1.28 bits per heavy atom. The number of rotatable bonds is 8. The van der Waals surface area contributed by atoms with Crippen molar-refractivity contribution in [2.45, 2.75) is 57.0 Å². The number of nitrogens with one attached hydrogen (secondary N) is 1. The van der Waals surface area contributed by atoms with Gasteiger partial charge in [0.05, 0.1) is 31.5 Å². The second-order valence-electron chi connectivity index (χ2n) is 5.12. The number of aliphatic hydroxyl groups is 2. The van der Waals surface area contributed by atoms with Gasteiger partial charge in [0.1, 0.15) is 0 Å². The molecular weight excluding hydrogens is 234 g/mol. The van der Waals surface area contributed by atoms with Crippen LogP contribution in [0.3, 0.4) is 0 Å². The lowest BCUT2D eigenvalue weighted by molar-refractivity contribution is -0.0332. The predicted molar refractivity (Wildman–Crippen MR) is 69.6 cm³/mol. The number of aliphatic hydroxyl groups excluding tert-OH is 2. The molecule has 1 rings (SSSR count). The summed E-state index contributed by atoms with van der Waals surface area (Å²) in [5, 5.41) is 22.8. The highest BCUT2D eigenvalue weighted by Crippen LogP contribution is 2.18. The Balaban J connectivity index is 2.10. The van der Waals surface area contributed by atoms with Crippen molar-refractivity contribution in [3.63, 3.8) is 0 Å². The van der Waals surface area contributed by atoms with Crippen LogP contribution in [0, 0.1) is 0 Å². The summed E-state index contributed by atoms with van der Waals surface area (Å²) in [6.07, 6.45) is 3.25. The standard InChI is InChI=1S/C13H27NO4/c1-10(8-17-2)18-9-11(15)7-14-12-5-3-4-6-13(12)16/h10-16H,3-9H2,1-2H3. The number of hydrogen-bond acceptors (Lipinski definition) is 5. The van der Waals surface area contributed by atoms with Gasteiger partial charge in [0, 0.05) is 19.7 Å². The van der Waals surface area contributed by atoms with Crippen molar-refractivity contribution in [1.82, 2.24) is 5.32 Å².